The van der Waals surface area contributed by atoms with E-state index in [4.69, 9.17) is 4.74 Å². The van der Waals surface area contributed by atoms with Crippen molar-refractivity contribution < 1.29 is 9.53 Å². The third-order valence-corrected chi connectivity index (χ3v) is 4.70. The molecule has 2 aromatic carbocycles. The molecule has 1 aromatic heterocycles. The van der Waals surface area contributed by atoms with E-state index in [2.05, 4.69) is 10.3 Å². The molecule has 1 N–H and O–H groups in total. The summed E-state index contributed by atoms with van der Waals surface area (Å²) in [4.78, 5) is 16.9. The zero-order valence-electron chi connectivity index (χ0n) is 14.3. The maximum Gasteiger partial charge on any atom is 0.255 e. The number of rotatable bonds is 6. The minimum absolute atomic E-state index is 0.145. The Balaban J connectivity index is 1.67. The lowest BCUT2D eigenvalue weighted by Gasteiger charge is -2.12. The van der Waals surface area contributed by atoms with Crippen LogP contribution in [0.2, 0.25) is 0 Å². The number of aryl methyl sites for hydroxylation is 2. The SMILES string of the molecule is Cc1nc(COc2ccccc2C(=O)NCc2ccccc2C)cs1. The number of para-hydroxylation sites is 1. The molecule has 0 aliphatic rings. The fourth-order valence-electron chi connectivity index (χ4n) is 2.49. The van der Waals surface area contributed by atoms with E-state index >= 15 is 0 Å². The number of carbonyl (C=O) groups is 1. The maximum absolute atomic E-state index is 12.6. The van der Waals surface area contributed by atoms with E-state index in [1.807, 2.05) is 61.7 Å². The monoisotopic (exact) mass is 352 g/mol. The molecular formula is C20H20N2O2S. The fraction of sp³-hybridized carbons (Fsp3) is 0.200. The van der Waals surface area contributed by atoms with Crippen LogP contribution in [0.1, 0.15) is 32.2 Å². The Hall–Kier alpha value is -2.66. The molecule has 3 aromatic rings. The second-order valence-corrected chi connectivity index (χ2v) is 6.81. The summed E-state index contributed by atoms with van der Waals surface area (Å²) in [7, 11) is 0. The summed E-state index contributed by atoms with van der Waals surface area (Å²) in [5, 5.41) is 5.94. The van der Waals surface area contributed by atoms with Crippen LogP contribution in [0.4, 0.5) is 0 Å². The normalized spacial score (nSPS) is 10.5. The third-order valence-electron chi connectivity index (χ3n) is 3.87. The van der Waals surface area contributed by atoms with E-state index in [9.17, 15) is 4.79 Å². The average molecular weight is 352 g/mol. The first kappa shape index (κ1) is 17.2. The number of hydrogen-bond acceptors (Lipinski definition) is 4. The zero-order valence-corrected chi connectivity index (χ0v) is 15.1. The Bertz CT molecular complexity index is 873. The number of nitrogens with one attached hydrogen (secondary N) is 1. The van der Waals surface area contributed by atoms with Gasteiger partial charge in [0.2, 0.25) is 0 Å². The topological polar surface area (TPSA) is 51.2 Å². The van der Waals surface area contributed by atoms with E-state index in [-0.39, 0.29) is 5.91 Å². The lowest BCUT2D eigenvalue weighted by atomic mass is 10.1. The summed E-state index contributed by atoms with van der Waals surface area (Å²) in [6.07, 6.45) is 0. The van der Waals surface area contributed by atoms with Crippen LogP contribution >= 0.6 is 11.3 Å². The number of hydrogen-bond donors (Lipinski definition) is 1. The summed E-state index contributed by atoms with van der Waals surface area (Å²) in [5.41, 5.74) is 3.67. The largest absolute Gasteiger partial charge is 0.486 e. The lowest BCUT2D eigenvalue weighted by Crippen LogP contribution is -2.23. The number of ether oxygens (including phenoxy) is 1. The molecule has 0 saturated heterocycles. The van der Waals surface area contributed by atoms with Crippen molar-refractivity contribution in [1.29, 1.82) is 0 Å². The van der Waals surface area contributed by atoms with Crippen molar-refractivity contribution in [2.24, 2.45) is 0 Å². The van der Waals surface area contributed by atoms with Gasteiger partial charge in [-0.25, -0.2) is 4.98 Å². The molecular weight excluding hydrogens is 332 g/mol. The standard InChI is InChI=1S/C20H20N2O2S/c1-14-7-3-4-8-16(14)11-21-20(23)18-9-5-6-10-19(18)24-12-17-13-25-15(2)22-17/h3-10,13H,11-12H2,1-2H3,(H,21,23). The van der Waals surface area contributed by atoms with Gasteiger partial charge in [-0.2, -0.15) is 0 Å². The number of amides is 1. The molecule has 4 nitrogen and oxygen atoms in total. The molecule has 1 amide bonds. The maximum atomic E-state index is 12.6. The first-order valence-electron chi connectivity index (χ1n) is 8.09. The Morgan fingerprint density at radius 2 is 1.88 bits per heavy atom. The van der Waals surface area contributed by atoms with Crippen LogP contribution in [0.3, 0.4) is 0 Å². The Labute approximate surface area is 151 Å². The quantitative estimate of drug-likeness (QED) is 0.721. The first-order chi connectivity index (χ1) is 12.1. The molecule has 0 aliphatic carbocycles. The van der Waals surface area contributed by atoms with Crippen LogP contribution in [-0.2, 0) is 13.2 Å². The summed E-state index contributed by atoms with van der Waals surface area (Å²) in [5.74, 6) is 0.420. The molecule has 0 atom stereocenters. The van der Waals surface area contributed by atoms with Crippen molar-refractivity contribution in [3.8, 4) is 5.75 Å². The lowest BCUT2D eigenvalue weighted by molar-refractivity contribution is 0.0946. The molecule has 3 rings (SSSR count). The number of benzene rings is 2. The molecule has 0 aliphatic heterocycles. The Morgan fingerprint density at radius 1 is 1.12 bits per heavy atom. The second-order valence-electron chi connectivity index (χ2n) is 5.75. The molecule has 5 heteroatoms. The van der Waals surface area contributed by atoms with Crippen molar-refractivity contribution in [2.45, 2.75) is 27.0 Å². The molecule has 25 heavy (non-hydrogen) atoms. The number of carbonyl (C=O) groups excluding carboxylic acids is 1. The summed E-state index contributed by atoms with van der Waals surface area (Å²) >= 11 is 1.59. The average Bonchev–Trinajstić information content (AvgIpc) is 3.04. The molecule has 0 radical (unpaired) electrons. The molecule has 0 spiro atoms. The Morgan fingerprint density at radius 3 is 2.64 bits per heavy atom. The predicted molar refractivity (Wildman–Crippen MR) is 100.0 cm³/mol. The Kier molecular flexibility index (Phi) is 5.46. The highest BCUT2D eigenvalue weighted by atomic mass is 32.1. The van der Waals surface area contributed by atoms with Crippen molar-refractivity contribution >= 4 is 17.2 Å². The van der Waals surface area contributed by atoms with Crippen molar-refractivity contribution in [3.05, 3.63) is 81.3 Å². The van der Waals surface area contributed by atoms with E-state index in [1.165, 1.54) is 0 Å². The number of nitrogens with zero attached hydrogens (tertiary/aromatic N) is 1. The van der Waals surface area contributed by atoms with Crippen molar-refractivity contribution in [1.82, 2.24) is 10.3 Å². The van der Waals surface area contributed by atoms with Crippen molar-refractivity contribution in [3.63, 3.8) is 0 Å². The molecule has 0 bridgehead atoms. The smallest absolute Gasteiger partial charge is 0.255 e. The van der Waals surface area contributed by atoms with Gasteiger partial charge in [-0.1, -0.05) is 36.4 Å². The highest BCUT2D eigenvalue weighted by Gasteiger charge is 2.12. The van der Waals surface area contributed by atoms with E-state index < -0.39 is 0 Å². The van der Waals surface area contributed by atoms with Crippen LogP contribution in [0.25, 0.3) is 0 Å². The van der Waals surface area contributed by atoms with Gasteiger partial charge in [0, 0.05) is 11.9 Å². The fourth-order valence-corrected chi connectivity index (χ4v) is 3.08. The molecule has 0 saturated carbocycles. The summed E-state index contributed by atoms with van der Waals surface area (Å²) < 4.78 is 5.82. The number of aromatic nitrogens is 1. The van der Waals surface area contributed by atoms with Crippen LogP contribution in [0.15, 0.2) is 53.9 Å². The van der Waals surface area contributed by atoms with Gasteiger partial charge in [0.05, 0.1) is 16.3 Å². The van der Waals surface area contributed by atoms with Gasteiger partial charge in [-0.3, -0.25) is 4.79 Å². The highest BCUT2D eigenvalue weighted by molar-refractivity contribution is 7.09. The predicted octanol–water partition coefficient (Wildman–Crippen LogP) is 4.27. The minimum Gasteiger partial charge on any atom is -0.486 e. The van der Waals surface area contributed by atoms with Gasteiger partial charge in [0.15, 0.2) is 0 Å². The van der Waals surface area contributed by atoms with Gasteiger partial charge in [-0.05, 0) is 37.1 Å². The van der Waals surface area contributed by atoms with E-state index in [1.54, 1.807) is 17.4 Å². The number of thiazole rings is 1. The summed E-state index contributed by atoms with van der Waals surface area (Å²) in [6, 6.07) is 15.3. The van der Waals surface area contributed by atoms with E-state index in [0.717, 1.165) is 21.8 Å². The van der Waals surface area contributed by atoms with Gasteiger partial charge in [0.25, 0.3) is 5.91 Å². The van der Waals surface area contributed by atoms with Crippen LogP contribution in [0, 0.1) is 13.8 Å². The van der Waals surface area contributed by atoms with Crippen LogP contribution in [0.5, 0.6) is 5.75 Å². The van der Waals surface area contributed by atoms with Gasteiger partial charge in [-0.15, -0.1) is 11.3 Å². The molecule has 0 unspecified atom stereocenters. The highest BCUT2D eigenvalue weighted by Crippen LogP contribution is 2.20. The second kappa shape index (κ2) is 7.94. The minimum atomic E-state index is -0.145. The first-order valence-corrected chi connectivity index (χ1v) is 8.97. The van der Waals surface area contributed by atoms with Crippen molar-refractivity contribution in [2.75, 3.05) is 0 Å². The van der Waals surface area contributed by atoms with Gasteiger partial charge < -0.3 is 10.1 Å². The molecule has 128 valence electrons. The molecule has 0 fully saturated rings. The summed E-state index contributed by atoms with van der Waals surface area (Å²) in [6.45, 7) is 4.84. The van der Waals surface area contributed by atoms with Gasteiger partial charge in [0.1, 0.15) is 12.4 Å². The van der Waals surface area contributed by atoms with E-state index in [0.29, 0.717) is 24.5 Å². The van der Waals surface area contributed by atoms with Gasteiger partial charge >= 0.3 is 0 Å². The van der Waals surface area contributed by atoms with Crippen LogP contribution in [-0.4, -0.2) is 10.9 Å². The van der Waals surface area contributed by atoms with Crippen LogP contribution < -0.4 is 10.1 Å². The third kappa shape index (κ3) is 4.45. The molecule has 1 heterocycles. The zero-order chi connectivity index (χ0) is 17.6.